The van der Waals surface area contributed by atoms with E-state index < -0.39 is 0 Å². The van der Waals surface area contributed by atoms with E-state index >= 15 is 0 Å². The molecule has 0 saturated carbocycles. The summed E-state index contributed by atoms with van der Waals surface area (Å²) in [5, 5.41) is 0. The van der Waals surface area contributed by atoms with Crippen molar-refractivity contribution in [1.29, 1.82) is 0 Å². The van der Waals surface area contributed by atoms with E-state index in [0.29, 0.717) is 0 Å². The first-order valence-corrected chi connectivity index (χ1v) is 8.97. The van der Waals surface area contributed by atoms with Gasteiger partial charge in [0.2, 0.25) is 0 Å². The van der Waals surface area contributed by atoms with Gasteiger partial charge in [-0.3, -0.25) is 0 Å². The molecule has 0 aromatic heterocycles. The Labute approximate surface area is 123 Å². The molecule has 0 rings (SSSR count). The van der Waals surface area contributed by atoms with Gasteiger partial charge in [0.25, 0.3) is 0 Å². The molecule has 0 aliphatic rings. The maximum absolute atomic E-state index is 4.13. The van der Waals surface area contributed by atoms with Gasteiger partial charge in [-0.25, -0.2) is 0 Å². The average Bonchev–Trinajstić information content (AvgIpc) is 2.40. The average molecular weight is 267 g/mol. The zero-order valence-corrected chi connectivity index (χ0v) is 13.8. The van der Waals surface area contributed by atoms with Crippen LogP contribution >= 0.6 is 0 Å². The first kappa shape index (κ1) is 18.7. The topological polar surface area (TPSA) is 0 Å². The van der Waals surface area contributed by atoms with E-state index in [4.69, 9.17) is 0 Å². The SMILES string of the molecule is C=C(CCC)CCCCCCCCCCCCCC. The molecule has 0 saturated heterocycles. The van der Waals surface area contributed by atoms with Crippen LogP contribution in [0.1, 0.15) is 110 Å². The van der Waals surface area contributed by atoms with Crippen molar-refractivity contribution in [3.63, 3.8) is 0 Å². The molecule has 0 amide bonds. The first-order valence-electron chi connectivity index (χ1n) is 8.97. The third kappa shape index (κ3) is 15.7. The van der Waals surface area contributed by atoms with Crippen molar-refractivity contribution in [1.82, 2.24) is 0 Å². The fraction of sp³-hybridized carbons (Fsp3) is 0.895. The zero-order valence-electron chi connectivity index (χ0n) is 13.8. The Kier molecular flexibility index (Phi) is 15.6. The van der Waals surface area contributed by atoms with Gasteiger partial charge < -0.3 is 0 Å². The lowest BCUT2D eigenvalue weighted by Crippen LogP contribution is -1.84. The maximum atomic E-state index is 4.13. The Balaban J connectivity index is 3.01. The molecule has 0 aromatic carbocycles. The predicted octanol–water partition coefficient (Wildman–Crippen LogP) is 7.43. The highest BCUT2D eigenvalue weighted by Gasteiger charge is 1.95. The molecular weight excluding hydrogens is 228 g/mol. The fourth-order valence-electron chi connectivity index (χ4n) is 2.69. The van der Waals surface area contributed by atoms with E-state index in [1.54, 1.807) is 0 Å². The Hall–Kier alpha value is -0.260. The van der Waals surface area contributed by atoms with E-state index in [-0.39, 0.29) is 0 Å². The summed E-state index contributed by atoms with van der Waals surface area (Å²) in [6.45, 7) is 8.67. The molecule has 0 fully saturated rings. The van der Waals surface area contributed by atoms with Gasteiger partial charge in [-0.05, 0) is 19.3 Å². The van der Waals surface area contributed by atoms with Crippen molar-refractivity contribution >= 4 is 0 Å². The lowest BCUT2D eigenvalue weighted by atomic mass is 10.0. The largest absolute Gasteiger partial charge is 0.0999 e. The van der Waals surface area contributed by atoms with Gasteiger partial charge in [-0.15, -0.1) is 0 Å². The van der Waals surface area contributed by atoms with E-state index in [0.717, 1.165) is 0 Å². The molecule has 0 aliphatic heterocycles. The van der Waals surface area contributed by atoms with E-state index in [1.165, 1.54) is 102 Å². The van der Waals surface area contributed by atoms with Gasteiger partial charge in [0.15, 0.2) is 0 Å². The normalized spacial score (nSPS) is 10.8. The first-order chi connectivity index (χ1) is 9.31. The molecule has 0 unspecified atom stereocenters. The molecule has 0 aromatic rings. The van der Waals surface area contributed by atoms with Crippen molar-refractivity contribution in [2.45, 2.75) is 110 Å². The third-order valence-electron chi connectivity index (χ3n) is 3.99. The van der Waals surface area contributed by atoms with Crippen LogP contribution in [0.5, 0.6) is 0 Å². The van der Waals surface area contributed by atoms with Crippen LogP contribution in [0.15, 0.2) is 12.2 Å². The Bertz CT molecular complexity index is 180. The van der Waals surface area contributed by atoms with Gasteiger partial charge in [-0.1, -0.05) is 103 Å². The number of hydrogen-bond donors (Lipinski definition) is 0. The second kappa shape index (κ2) is 15.8. The highest BCUT2D eigenvalue weighted by Crippen LogP contribution is 2.15. The Morgan fingerprint density at radius 2 is 0.947 bits per heavy atom. The lowest BCUT2D eigenvalue weighted by Gasteiger charge is -2.04. The summed E-state index contributed by atoms with van der Waals surface area (Å²) in [5.74, 6) is 0. The molecule has 0 bridgehead atoms. The van der Waals surface area contributed by atoms with Crippen LogP contribution in [0.3, 0.4) is 0 Å². The van der Waals surface area contributed by atoms with Gasteiger partial charge in [-0.2, -0.15) is 0 Å². The van der Waals surface area contributed by atoms with Crippen LogP contribution in [0.25, 0.3) is 0 Å². The monoisotopic (exact) mass is 266 g/mol. The van der Waals surface area contributed by atoms with Gasteiger partial charge in [0.1, 0.15) is 0 Å². The van der Waals surface area contributed by atoms with Crippen molar-refractivity contribution in [3.05, 3.63) is 12.2 Å². The predicted molar refractivity (Wildman–Crippen MR) is 89.7 cm³/mol. The minimum atomic E-state index is 1.23. The summed E-state index contributed by atoms with van der Waals surface area (Å²) in [6.07, 6.45) is 21.0. The summed E-state index contributed by atoms with van der Waals surface area (Å²) in [7, 11) is 0. The summed E-state index contributed by atoms with van der Waals surface area (Å²) in [4.78, 5) is 0. The summed E-state index contributed by atoms with van der Waals surface area (Å²) >= 11 is 0. The molecule has 114 valence electrons. The molecule has 0 heterocycles. The van der Waals surface area contributed by atoms with Crippen LogP contribution < -0.4 is 0 Å². The second-order valence-electron chi connectivity index (χ2n) is 6.14. The van der Waals surface area contributed by atoms with Crippen molar-refractivity contribution in [2.24, 2.45) is 0 Å². The lowest BCUT2D eigenvalue weighted by molar-refractivity contribution is 0.543. The summed E-state index contributed by atoms with van der Waals surface area (Å²) < 4.78 is 0. The van der Waals surface area contributed by atoms with Crippen molar-refractivity contribution in [3.8, 4) is 0 Å². The molecule has 0 heteroatoms. The fourth-order valence-corrected chi connectivity index (χ4v) is 2.69. The minimum Gasteiger partial charge on any atom is -0.0999 e. The molecule has 0 N–H and O–H groups in total. The van der Waals surface area contributed by atoms with Gasteiger partial charge in [0, 0.05) is 0 Å². The van der Waals surface area contributed by atoms with Crippen LogP contribution in [-0.2, 0) is 0 Å². The molecule has 0 nitrogen and oxygen atoms in total. The molecule has 0 spiro atoms. The highest BCUT2D eigenvalue weighted by atomic mass is 14.0. The molecule has 19 heavy (non-hydrogen) atoms. The van der Waals surface area contributed by atoms with Crippen molar-refractivity contribution in [2.75, 3.05) is 0 Å². The zero-order chi connectivity index (χ0) is 14.2. The van der Waals surface area contributed by atoms with Crippen LogP contribution in [0.4, 0.5) is 0 Å². The number of rotatable bonds is 15. The quantitative estimate of drug-likeness (QED) is 0.213. The van der Waals surface area contributed by atoms with Crippen LogP contribution in [0.2, 0.25) is 0 Å². The van der Waals surface area contributed by atoms with E-state index in [9.17, 15) is 0 Å². The van der Waals surface area contributed by atoms with E-state index in [1.807, 2.05) is 0 Å². The number of hydrogen-bond acceptors (Lipinski definition) is 0. The second-order valence-corrected chi connectivity index (χ2v) is 6.14. The maximum Gasteiger partial charge on any atom is -0.0323 e. The van der Waals surface area contributed by atoms with Crippen molar-refractivity contribution < 1.29 is 0 Å². The Morgan fingerprint density at radius 3 is 1.37 bits per heavy atom. The van der Waals surface area contributed by atoms with E-state index in [2.05, 4.69) is 20.4 Å². The summed E-state index contributed by atoms with van der Waals surface area (Å²) in [5.41, 5.74) is 1.47. The van der Waals surface area contributed by atoms with Crippen LogP contribution in [-0.4, -0.2) is 0 Å². The third-order valence-corrected chi connectivity index (χ3v) is 3.99. The highest BCUT2D eigenvalue weighted by molar-refractivity contribution is 4.92. The molecule has 0 aliphatic carbocycles. The number of allylic oxidation sites excluding steroid dienone is 1. The Morgan fingerprint density at radius 1 is 0.526 bits per heavy atom. The molecule has 0 atom stereocenters. The smallest absolute Gasteiger partial charge is 0.0323 e. The molecule has 0 radical (unpaired) electrons. The van der Waals surface area contributed by atoms with Gasteiger partial charge >= 0.3 is 0 Å². The molecular formula is C19H38. The minimum absolute atomic E-state index is 1.23. The standard InChI is InChI=1S/C19H38/c1-4-6-7-8-9-10-11-12-13-14-15-16-18-19(3)17-5-2/h3-18H2,1-2H3. The number of unbranched alkanes of at least 4 members (excludes halogenated alkanes) is 11. The van der Waals surface area contributed by atoms with Crippen LogP contribution in [0, 0.1) is 0 Å². The van der Waals surface area contributed by atoms with Gasteiger partial charge in [0.05, 0.1) is 0 Å². The summed E-state index contributed by atoms with van der Waals surface area (Å²) in [6, 6.07) is 0.